The first-order valence-corrected chi connectivity index (χ1v) is 5.53. The first kappa shape index (κ1) is 8.72. The van der Waals surface area contributed by atoms with Crippen LogP contribution in [0.5, 0.6) is 0 Å². The molecule has 15 heavy (non-hydrogen) atoms. The zero-order valence-corrected chi connectivity index (χ0v) is 8.61. The summed E-state index contributed by atoms with van der Waals surface area (Å²) < 4.78 is 0. The molecule has 0 bridgehead atoms. The minimum atomic E-state index is 0.686. The van der Waals surface area contributed by atoms with Crippen LogP contribution in [-0.2, 0) is 0 Å². The van der Waals surface area contributed by atoms with Crippen LogP contribution < -0.4 is 5.32 Å². The third kappa shape index (κ3) is 1.67. The SMILES string of the molecule is c1cnc2cc(NC3CCC3)ccc2c1. The largest absolute Gasteiger partial charge is 0.382 e. The standard InChI is InChI=1S/C13H14N2/c1-4-11(5-1)15-12-7-6-10-3-2-8-14-13(10)9-12/h2-3,6-9,11,15H,1,4-5H2. The lowest BCUT2D eigenvalue weighted by molar-refractivity contribution is 0.445. The molecular weight excluding hydrogens is 184 g/mol. The average Bonchev–Trinajstić information content (AvgIpc) is 2.23. The van der Waals surface area contributed by atoms with Crippen LogP contribution in [-0.4, -0.2) is 11.0 Å². The van der Waals surface area contributed by atoms with Crippen molar-refractivity contribution in [3.8, 4) is 0 Å². The van der Waals surface area contributed by atoms with Gasteiger partial charge >= 0.3 is 0 Å². The Kier molecular flexibility index (Phi) is 2.05. The van der Waals surface area contributed by atoms with Crippen molar-refractivity contribution in [3.63, 3.8) is 0 Å². The molecule has 76 valence electrons. The van der Waals surface area contributed by atoms with Crippen molar-refractivity contribution in [1.82, 2.24) is 4.98 Å². The van der Waals surface area contributed by atoms with Gasteiger partial charge in [-0.1, -0.05) is 12.1 Å². The van der Waals surface area contributed by atoms with E-state index in [-0.39, 0.29) is 0 Å². The minimum Gasteiger partial charge on any atom is -0.382 e. The quantitative estimate of drug-likeness (QED) is 0.801. The summed E-state index contributed by atoms with van der Waals surface area (Å²) in [6.07, 6.45) is 5.82. The number of fused-ring (bicyclic) bond motifs is 1. The second-order valence-corrected chi connectivity index (χ2v) is 4.18. The van der Waals surface area contributed by atoms with Crippen LogP contribution in [0, 0.1) is 0 Å². The number of anilines is 1. The summed E-state index contributed by atoms with van der Waals surface area (Å²) in [6.45, 7) is 0. The number of nitrogens with zero attached hydrogens (tertiary/aromatic N) is 1. The second-order valence-electron chi connectivity index (χ2n) is 4.18. The zero-order chi connectivity index (χ0) is 10.1. The maximum atomic E-state index is 4.35. The van der Waals surface area contributed by atoms with Crippen LogP contribution in [0.3, 0.4) is 0 Å². The number of rotatable bonds is 2. The minimum absolute atomic E-state index is 0.686. The summed E-state index contributed by atoms with van der Waals surface area (Å²) in [6, 6.07) is 11.2. The molecule has 0 amide bonds. The maximum Gasteiger partial charge on any atom is 0.0722 e. The van der Waals surface area contributed by atoms with Gasteiger partial charge in [-0.15, -0.1) is 0 Å². The van der Waals surface area contributed by atoms with Crippen molar-refractivity contribution in [2.45, 2.75) is 25.3 Å². The molecule has 1 heterocycles. The number of hydrogen-bond acceptors (Lipinski definition) is 2. The van der Waals surface area contributed by atoms with Crippen LogP contribution in [0.15, 0.2) is 36.5 Å². The van der Waals surface area contributed by atoms with Crippen molar-refractivity contribution in [3.05, 3.63) is 36.5 Å². The molecule has 2 aromatic rings. The highest BCUT2D eigenvalue weighted by atomic mass is 14.9. The molecular formula is C13H14N2. The normalized spacial score (nSPS) is 16.3. The van der Waals surface area contributed by atoms with E-state index in [0.29, 0.717) is 6.04 Å². The fourth-order valence-electron chi connectivity index (χ4n) is 1.94. The fourth-order valence-corrected chi connectivity index (χ4v) is 1.94. The summed E-state index contributed by atoms with van der Waals surface area (Å²) in [5, 5.41) is 4.74. The van der Waals surface area contributed by atoms with E-state index < -0.39 is 0 Å². The van der Waals surface area contributed by atoms with Crippen molar-refractivity contribution in [2.75, 3.05) is 5.32 Å². The third-order valence-electron chi connectivity index (χ3n) is 3.08. The molecule has 0 aliphatic heterocycles. The zero-order valence-electron chi connectivity index (χ0n) is 8.61. The van der Waals surface area contributed by atoms with Crippen LogP contribution >= 0.6 is 0 Å². The average molecular weight is 198 g/mol. The predicted octanol–water partition coefficient (Wildman–Crippen LogP) is 3.20. The van der Waals surface area contributed by atoms with Crippen molar-refractivity contribution in [1.29, 1.82) is 0 Å². The second kappa shape index (κ2) is 3.54. The smallest absolute Gasteiger partial charge is 0.0722 e. The Labute approximate surface area is 89.3 Å². The van der Waals surface area contributed by atoms with Gasteiger partial charge in [0, 0.05) is 23.3 Å². The molecule has 1 saturated carbocycles. The number of benzene rings is 1. The fraction of sp³-hybridized carbons (Fsp3) is 0.308. The Balaban J connectivity index is 1.91. The number of pyridine rings is 1. The molecule has 0 radical (unpaired) electrons. The van der Waals surface area contributed by atoms with E-state index in [1.165, 1.54) is 30.3 Å². The van der Waals surface area contributed by atoms with Gasteiger partial charge in [-0.3, -0.25) is 4.98 Å². The van der Waals surface area contributed by atoms with Crippen LogP contribution in [0.1, 0.15) is 19.3 Å². The molecule has 1 aromatic carbocycles. The molecule has 1 fully saturated rings. The number of nitrogens with one attached hydrogen (secondary N) is 1. The Morgan fingerprint density at radius 3 is 2.93 bits per heavy atom. The van der Waals surface area contributed by atoms with Gasteiger partial charge in [0.25, 0.3) is 0 Å². The van der Waals surface area contributed by atoms with E-state index in [0.717, 1.165) is 5.52 Å². The Bertz CT molecular complexity index is 475. The summed E-state index contributed by atoms with van der Waals surface area (Å²) in [4.78, 5) is 4.35. The van der Waals surface area contributed by atoms with Gasteiger partial charge in [-0.05, 0) is 37.5 Å². The van der Waals surface area contributed by atoms with Gasteiger partial charge < -0.3 is 5.32 Å². The summed E-state index contributed by atoms with van der Waals surface area (Å²) >= 11 is 0. The molecule has 0 atom stereocenters. The Morgan fingerprint density at radius 2 is 2.13 bits per heavy atom. The highest BCUT2D eigenvalue weighted by Crippen LogP contribution is 2.24. The summed E-state index contributed by atoms with van der Waals surface area (Å²) in [5.41, 5.74) is 2.27. The lowest BCUT2D eigenvalue weighted by Gasteiger charge is -2.27. The van der Waals surface area contributed by atoms with E-state index in [1.54, 1.807) is 0 Å². The maximum absolute atomic E-state index is 4.35. The first-order valence-electron chi connectivity index (χ1n) is 5.53. The monoisotopic (exact) mass is 198 g/mol. The molecule has 2 heteroatoms. The van der Waals surface area contributed by atoms with Crippen molar-refractivity contribution >= 4 is 16.6 Å². The molecule has 1 aromatic heterocycles. The van der Waals surface area contributed by atoms with E-state index in [2.05, 4.69) is 34.6 Å². The number of hydrogen-bond donors (Lipinski definition) is 1. The van der Waals surface area contributed by atoms with Crippen LogP contribution in [0.25, 0.3) is 10.9 Å². The lowest BCUT2D eigenvalue weighted by Crippen LogP contribution is -2.26. The Hall–Kier alpha value is -1.57. The van der Waals surface area contributed by atoms with Gasteiger partial charge in [-0.2, -0.15) is 0 Å². The molecule has 1 N–H and O–H groups in total. The highest BCUT2D eigenvalue weighted by molar-refractivity contribution is 5.81. The summed E-state index contributed by atoms with van der Waals surface area (Å²) in [7, 11) is 0. The van der Waals surface area contributed by atoms with Gasteiger partial charge in [-0.25, -0.2) is 0 Å². The molecule has 0 unspecified atom stereocenters. The Morgan fingerprint density at radius 1 is 1.20 bits per heavy atom. The van der Waals surface area contributed by atoms with Crippen molar-refractivity contribution < 1.29 is 0 Å². The highest BCUT2D eigenvalue weighted by Gasteiger charge is 2.16. The molecule has 0 spiro atoms. The van der Waals surface area contributed by atoms with Gasteiger partial charge in [0.15, 0.2) is 0 Å². The van der Waals surface area contributed by atoms with Gasteiger partial charge in [0.1, 0.15) is 0 Å². The molecule has 1 aliphatic rings. The molecule has 0 saturated heterocycles. The number of aromatic nitrogens is 1. The van der Waals surface area contributed by atoms with E-state index >= 15 is 0 Å². The van der Waals surface area contributed by atoms with Crippen molar-refractivity contribution in [2.24, 2.45) is 0 Å². The topological polar surface area (TPSA) is 24.9 Å². The first-order chi connectivity index (χ1) is 7.42. The third-order valence-corrected chi connectivity index (χ3v) is 3.08. The van der Waals surface area contributed by atoms with Crippen LogP contribution in [0.2, 0.25) is 0 Å². The van der Waals surface area contributed by atoms with Crippen LogP contribution in [0.4, 0.5) is 5.69 Å². The van der Waals surface area contributed by atoms with E-state index in [1.807, 2.05) is 12.3 Å². The van der Waals surface area contributed by atoms with E-state index in [4.69, 9.17) is 0 Å². The summed E-state index contributed by atoms with van der Waals surface area (Å²) in [5.74, 6) is 0. The van der Waals surface area contributed by atoms with E-state index in [9.17, 15) is 0 Å². The molecule has 1 aliphatic carbocycles. The molecule has 2 nitrogen and oxygen atoms in total. The lowest BCUT2D eigenvalue weighted by atomic mass is 9.93. The molecule has 3 rings (SSSR count). The van der Waals surface area contributed by atoms with Gasteiger partial charge in [0.05, 0.1) is 5.52 Å². The van der Waals surface area contributed by atoms with Gasteiger partial charge in [0.2, 0.25) is 0 Å². The predicted molar refractivity (Wildman–Crippen MR) is 63.0 cm³/mol.